The van der Waals surface area contributed by atoms with Crippen LogP contribution in [0.1, 0.15) is 32.1 Å². The van der Waals surface area contributed by atoms with Gasteiger partial charge in [-0.15, -0.1) is 0 Å². The lowest BCUT2D eigenvalue weighted by Crippen LogP contribution is -2.31. The molecule has 3 nitrogen and oxygen atoms in total. The number of hydrogen-bond donors (Lipinski definition) is 0. The molecule has 2 saturated carbocycles. The van der Waals surface area contributed by atoms with Crippen LogP contribution in [0.3, 0.4) is 0 Å². The Labute approximate surface area is 71.4 Å². The lowest BCUT2D eigenvalue weighted by Gasteiger charge is -2.19. The van der Waals surface area contributed by atoms with E-state index in [2.05, 4.69) is 4.79 Å². The Balaban J connectivity index is 2.24. The summed E-state index contributed by atoms with van der Waals surface area (Å²) in [5.74, 6) is 1.53. The Hall–Kier alpha value is -0.950. The molecule has 3 heteroatoms. The normalized spacial score (nSPS) is 30.2. The van der Waals surface area contributed by atoms with Gasteiger partial charge in [-0.1, -0.05) is 6.42 Å². The summed E-state index contributed by atoms with van der Waals surface area (Å²) in [5, 5.41) is 0. The van der Waals surface area contributed by atoms with Gasteiger partial charge in [-0.25, -0.2) is 0 Å². The van der Waals surface area contributed by atoms with Crippen LogP contribution in [0.15, 0.2) is 0 Å². The van der Waals surface area contributed by atoms with E-state index in [9.17, 15) is 4.79 Å². The Bertz CT molecular complexity index is 266. The van der Waals surface area contributed by atoms with Gasteiger partial charge in [0.25, 0.3) is 0 Å². The van der Waals surface area contributed by atoms with Gasteiger partial charge in [0.2, 0.25) is 5.78 Å². The SMILES string of the molecule is [N-]=[N+]=C1CCC2CCC[C]2C1=O. The molecule has 0 heterocycles. The molecule has 1 unspecified atom stereocenters. The summed E-state index contributed by atoms with van der Waals surface area (Å²) in [6.07, 6.45) is 4.86. The fourth-order valence-corrected chi connectivity index (χ4v) is 2.24. The number of nitrogens with zero attached hydrogens (tertiary/aromatic N) is 2. The Morgan fingerprint density at radius 3 is 2.92 bits per heavy atom. The van der Waals surface area contributed by atoms with Gasteiger partial charge in [-0.05, 0) is 25.2 Å². The molecule has 2 aliphatic rings. The largest absolute Gasteiger partial charge is 0.361 e. The van der Waals surface area contributed by atoms with Crippen molar-refractivity contribution in [3.8, 4) is 0 Å². The molecule has 2 fully saturated rings. The molecule has 1 atom stereocenters. The molecule has 0 amide bonds. The monoisotopic (exact) mass is 163 g/mol. The summed E-state index contributed by atoms with van der Waals surface area (Å²) >= 11 is 0. The van der Waals surface area contributed by atoms with Crippen molar-refractivity contribution in [2.24, 2.45) is 5.92 Å². The number of hydrogen-bond acceptors (Lipinski definition) is 1. The van der Waals surface area contributed by atoms with Crippen molar-refractivity contribution in [2.75, 3.05) is 0 Å². The summed E-state index contributed by atoms with van der Waals surface area (Å²) in [7, 11) is 0. The molecule has 0 aromatic rings. The molecule has 63 valence electrons. The van der Waals surface area contributed by atoms with Gasteiger partial charge >= 0.3 is 5.71 Å². The number of ketones is 1. The van der Waals surface area contributed by atoms with E-state index in [1.807, 2.05) is 0 Å². The average molecular weight is 163 g/mol. The Kier molecular flexibility index (Phi) is 1.81. The first kappa shape index (κ1) is 7.69. The van der Waals surface area contributed by atoms with Gasteiger partial charge in [0.15, 0.2) is 0 Å². The highest BCUT2D eigenvalue weighted by atomic mass is 16.1. The van der Waals surface area contributed by atoms with Crippen LogP contribution in [-0.4, -0.2) is 16.3 Å². The van der Waals surface area contributed by atoms with Gasteiger partial charge < -0.3 is 5.53 Å². The van der Waals surface area contributed by atoms with E-state index in [0.717, 1.165) is 31.6 Å². The maximum atomic E-state index is 11.5. The third kappa shape index (κ3) is 1.01. The van der Waals surface area contributed by atoms with Gasteiger partial charge in [-0.3, -0.25) is 4.79 Å². The molecule has 0 bridgehead atoms. The molecule has 12 heavy (non-hydrogen) atoms. The van der Waals surface area contributed by atoms with Crippen LogP contribution in [0.5, 0.6) is 0 Å². The minimum absolute atomic E-state index is 0.0197. The van der Waals surface area contributed by atoms with Crippen LogP contribution in [-0.2, 0) is 4.79 Å². The van der Waals surface area contributed by atoms with Crippen LogP contribution in [0.2, 0.25) is 0 Å². The third-order valence-corrected chi connectivity index (χ3v) is 2.90. The molecule has 0 N–H and O–H groups in total. The zero-order valence-corrected chi connectivity index (χ0v) is 6.92. The number of Topliss-reactive ketones (excluding diaryl/α,β-unsaturated/α-hetero) is 1. The summed E-state index contributed by atoms with van der Waals surface area (Å²) in [5.41, 5.74) is 8.90. The van der Waals surface area contributed by atoms with Gasteiger partial charge in [0, 0.05) is 0 Å². The second-order valence-electron chi connectivity index (χ2n) is 3.53. The van der Waals surface area contributed by atoms with Crippen LogP contribution in [0, 0.1) is 11.8 Å². The molecule has 2 aliphatic carbocycles. The van der Waals surface area contributed by atoms with Crippen LogP contribution < -0.4 is 0 Å². The summed E-state index contributed by atoms with van der Waals surface area (Å²) < 4.78 is 0. The fourth-order valence-electron chi connectivity index (χ4n) is 2.24. The summed E-state index contributed by atoms with van der Waals surface area (Å²) in [6, 6.07) is 0. The van der Waals surface area contributed by atoms with Crippen molar-refractivity contribution >= 4 is 11.5 Å². The van der Waals surface area contributed by atoms with Gasteiger partial charge in [0.1, 0.15) is 0 Å². The van der Waals surface area contributed by atoms with Gasteiger partial charge in [-0.2, -0.15) is 4.79 Å². The van der Waals surface area contributed by atoms with Crippen molar-refractivity contribution in [3.05, 3.63) is 11.4 Å². The maximum absolute atomic E-state index is 11.5. The molecule has 0 saturated heterocycles. The minimum atomic E-state index is 0.0197. The topological polar surface area (TPSA) is 53.5 Å². The summed E-state index contributed by atoms with van der Waals surface area (Å²) in [6.45, 7) is 0. The maximum Gasteiger partial charge on any atom is 0.335 e. The van der Waals surface area contributed by atoms with Crippen LogP contribution >= 0.6 is 0 Å². The zero-order valence-electron chi connectivity index (χ0n) is 6.92. The van der Waals surface area contributed by atoms with E-state index >= 15 is 0 Å². The number of rotatable bonds is 0. The number of carbonyl (C=O) groups excluding carboxylic acids is 1. The van der Waals surface area contributed by atoms with Crippen LogP contribution in [0.25, 0.3) is 5.53 Å². The zero-order chi connectivity index (χ0) is 8.55. The average Bonchev–Trinajstić information content (AvgIpc) is 2.53. The first-order valence-corrected chi connectivity index (χ1v) is 4.44. The first-order chi connectivity index (χ1) is 5.83. The van der Waals surface area contributed by atoms with E-state index in [1.54, 1.807) is 0 Å². The van der Waals surface area contributed by atoms with Crippen molar-refractivity contribution in [2.45, 2.75) is 32.1 Å². The Morgan fingerprint density at radius 1 is 1.33 bits per heavy atom. The lowest BCUT2D eigenvalue weighted by atomic mass is 9.80. The van der Waals surface area contributed by atoms with Crippen LogP contribution in [0.4, 0.5) is 0 Å². The molecular formula is C9H11N2O. The van der Waals surface area contributed by atoms with E-state index in [1.165, 1.54) is 0 Å². The molecule has 0 aromatic heterocycles. The fraction of sp³-hybridized carbons (Fsp3) is 0.667. The number of fused-ring (bicyclic) bond motifs is 1. The molecular weight excluding hydrogens is 152 g/mol. The molecule has 2 rings (SSSR count). The van der Waals surface area contributed by atoms with E-state index in [0.29, 0.717) is 18.1 Å². The predicted molar refractivity (Wildman–Crippen MR) is 43.5 cm³/mol. The quantitative estimate of drug-likeness (QED) is 0.393. The minimum Gasteiger partial charge on any atom is -0.361 e. The molecule has 1 radical (unpaired) electrons. The highest BCUT2D eigenvalue weighted by molar-refractivity contribution is 6.43. The summed E-state index contributed by atoms with van der Waals surface area (Å²) in [4.78, 5) is 14.5. The van der Waals surface area contributed by atoms with E-state index < -0.39 is 0 Å². The Morgan fingerprint density at radius 2 is 2.17 bits per heavy atom. The number of carbonyl (C=O) groups is 1. The highest BCUT2D eigenvalue weighted by Crippen LogP contribution is 2.40. The van der Waals surface area contributed by atoms with Crippen molar-refractivity contribution in [3.63, 3.8) is 0 Å². The second kappa shape index (κ2) is 2.83. The molecule has 0 aromatic carbocycles. The standard InChI is InChI=1S/C9H11N2O/c10-11-8-5-4-6-2-1-3-7(6)9(8)12/h6H,1-5H2. The first-order valence-electron chi connectivity index (χ1n) is 4.44. The van der Waals surface area contributed by atoms with Gasteiger partial charge in [0.05, 0.1) is 12.3 Å². The second-order valence-corrected chi connectivity index (χ2v) is 3.53. The van der Waals surface area contributed by atoms with Crippen molar-refractivity contribution < 1.29 is 9.58 Å². The highest BCUT2D eigenvalue weighted by Gasteiger charge is 2.43. The third-order valence-electron chi connectivity index (χ3n) is 2.90. The van der Waals surface area contributed by atoms with Crippen molar-refractivity contribution in [1.29, 1.82) is 0 Å². The molecule has 0 spiro atoms. The molecule has 0 aliphatic heterocycles. The smallest absolute Gasteiger partial charge is 0.335 e. The van der Waals surface area contributed by atoms with Crippen molar-refractivity contribution in [1.82, 2.24) is 0 Å². The lowest BCUT2D eigenvalue weighted by molar-refractivity contribution is -0.117. The van der Waals surface area contributed by atoms with E-state index in [4.69, 9.17) is 5.53 Å². The van der Waals surface area contributed by atoms with E-state index in [-0.39, 0.29) is 5.78 Å². The predicted octanol–water partition coefficient (Wildman–Crippen LogP) is 1.39.